The second-order valence-corrected chi connectivity index (χ2v) is 4.27. The van der Waals surface area contributed by atoms with Gasteiger partial charge in [0.15, 0.2) is 0 Å². The standard InChI is InChI=1S/C11H10ClNO3/c1-6-8(12)3-2-7-9(6)13-10(14)11(7)15-4-5-16-11/h2-3H,4-5H2,1H3,(H,13,14). The maximum atomic E-state index is 11.9. The number of anilines is 1. The maximum Gasteiger partial charge on any atom is 0.289 e. The van der Waals surface area contributed by atoms with Crippen LogP contribution in [0.4, 0.5) is 5.69 Å². The molecule has 0 aliphatic carbocycles. The molecule has 0 aromatic heterocycles. The maximum absolute atomic E-state index is 11.9. The van der Waals surface area contributed by atoms with Crippen LogP contribution in [0.3, 0.4) is 0 Å². The van der Waals surface area contributed by atoms with Gasteiger partial charge in [0.25, 0.3) is 11.7 Å². The highest BCUT2D eigenvalue weighted by molar-refractivity contribution is 6.32. The van der Waals surface area contributed by atoms with Crippen LogP contribution in [-0.2, 0) is 20.1 Å². The molecule has 3 rings (SSSR count). The fourth-order valence-corrected chi connectivity index (χ4v) is 2.30. The van der Waals surface area contributed by atoms with Crippen LogP contribution in [0.1, 0.15) is 11.1 Å². The molecule has 1 N–H and O–H groups in total. The van der Waals surface area contributed by atoms with E-state index in [9.17, 15) is 4.79 Å². The number of rotatable bonds is 0. The number of hydrogen-bond acceptors (Lipinski definition) is 3. The lowest BCUT2D eigenvalue weighted by atomic mass is 10.0. The minimum Gasteiger partial charge on any atom is -0.336 e. The lowest BCUT2D eigenvalue weighted by Gasteiger charge is -2.19. The molecule has 1 aromatic rings. The Bertz CT molecular complexity index is 480. The summed E-state index contributed by atoms with van der Waals surface area (Å²) in [5.74, 6) is -1.52. The molecular formula is C11H10ClNO3. The summed E-state index contributed by atoms with van der Waals surface area (Å²) in [5, 5.41) is 3.39. The molecule has 5 heteroatoms. The zero-order valence-corrected chi connectivity index (χ0v) is 9.43. The molecule has 0 bridgehead atoms. The van der Waals surface area contributed by atoms with Gasteiger partial charge in [0.05, 0.1) is 18.9 Å². The van der Waals surface area contributed by atoms with Crippen LogP contribution < -0.4 is 5.32 Å². The number of carbonyl (C=O) groups is 1. The Labute approximate surface area is 97.5 Å². The SMILES string of the molecule is Cc1c(Cl)ccc2c1NC(=O)C21OCCO1. The van der Waals surface area contributed by atoms with Crippen molar-refractivity contribution in [2.24, 2.45) is 0 Å². The van der Waals surface area contributed by atoms with Gasteiger partial charge in [0, 0.05) is 10.6 Å². The molecule has 0 atom stereocenters. The second-order valence-electron chi connectivity index (χ2n) is 3.86. The van der Waals surface area contributed by atoms with Gasteiger partial charge < -0.3 is 14.8 Å². The predicted octanol–water partition coefficient (Wildman–Crippen LogP) is 1.80. The third-order valence-corrected chi connectivity index (χ3v) is 3.39. The summed E-state index contributed by atoms with van der Waals surface area (Å²) in [4.78, 5) is 11.9. The van der Waals surface area contributed by atoms with Crippen LogP contribution in [0.2, 0.25) is 5.02 Å². The molecule has 1 fully saturated rings. The molecule has 1 amide bonds. The van der Waals surface area contributed by atoms with Crippen molar-refractivity contribution < 1.29 is 14.3 Å². The molecule has 84 valence electrons. The molecule has 2 aliphatic heterocycles. The fraction of sp³-hybridized carbons (Fsp3) is 0.364. The Morgan fingerprint density at radius 1 is 1.38 bits per heavy atom. The lowest BCUT2D eigenvalue weighted by molar-refractivity contribution is -0.178. The van der Waals surface area contributed by atoms with E-state index < -0.39 is 5.79 Å². The van der Waals surface area contributed by atoms with E-state index in [1.165, 1.54) is 0 Å². The topological polar surface area (TPSA) is 47.6 Å². The van der Waals surface area contributed by atoms with Crippen LogP contribution in [0.15, 0.2) is 12.1 Å². The van der Waals surface area contributed by atoms with E-state index in [0.29, 0.717) is 23.9 Å². The van der Waals surface area contributed by atoms with Crippen molar-refractivity contribution in [2.75, 3.05) is 18.5 Å². The molecule has 2 heterocycles. The predicted molar refractivity (Wildman–Crippen MR) is 58.4 cm³/mol. The third kappa shape index (κ3) is 1.09. The van der Waals surface area contributed by atoms with Crippen molar-refractivity contribution in [3.63, 3.8) is 0 Å². The molecule has 0 saturated carbocycles. The first kappa shape index (κ1) is 10.1. The molecule has 4 nitrogen and oxygen atoms in total. The van der Waals surface area contributed by atoms with Crippen LogP contribution in [0, 0.1) is 6.92 Å². The smallest absolute Gasteiger partial charge is 0.289 e. The summed E-state index contributed by atoms with van der Waals surface area (Å²) >= 11 is 6.00. The third-order valence-electron chi connectivity index (χ3n) is 2.98. The van der Waals surface area contributed by atoms with Crippen molar-refractivity contribution in [2.45, 2.75) is 12.7 Å². The Kier molecular flexibility index (Phi) is 2.01. The first-order chi connectivity index (χ1) is 7.65. The van der Waals surface area contributed by atoms with Crippen LogP contribution in [0.5, 0.6) is 0 Å². The number of carbonyl (C=O) groups excluding carboxylic acids is 1. The van der Waals surface area contributed by atoms with Gasteiger partial charge in [-0.1, -0.05) is 11.6 Å². The largest absolute Gasteiger partial charge is 0.336 e. The number of nitrogens with one attached hydrogen (secondary N) is 1. The van der Waals surface area contributed by atoms with Crippen molar-refractivity contribution in [3.05, 3.63) is 28.3 Å². The number of amides is 1. The van der Waals surface area contributed by atoms with Crippen molar-refractivity contribution in [1.82, 2.24) is 0 Å². The summed E-state index contributed by atoms with van der Waals surface area (Å²) < 4.78 is 10.9. The van der Waals surface area contributed by atoms with Gasteiger partial charge in [-0.2, -0.15) is 0 Å². The van der Waals surface area contributed by atoms with Crippen LogP contribution >= 0.6 is 11.6 Å². The second kappa shape index (κ2) is 3.20. The molecule has 2 aliphatic rings. The number of benzene rings is 1. The van der Waals surface area contributed by atoms with E-state index in [1.54, 1.807) is 12.1 Å². The van der Waals surface area contributed by atoms with E-state index in [-0.39, 0.29) is 5.91 Å². The molecule has 1 aromatic carbocycles. The van der Waals surface area contributed by atoms with E-state index in [4.69, 9.17) is 21.1 Å². The fourth-order valence-electron chi connectivity index (χ4n) is 2.14. The van der Waals surface area contributed by atoms with Gasteiger partial charge in [0.2, 0.25) is 0 Å². The monoisotopic (exact) mass is 239 g/mol. The number of ether oxygens (including phenoxy) is 2. The average molecular weight is 240 g/mol. The summed E-state index contributed by atoms with van der Waals surface area (Å²) in [6.45, 7) is 2.71. The van der Waals surface area contributed by atoms with Crippen LogP contribution in [0.25, 0.3) is 0 Å². The first-order valence-electron chi connectivity index (χ1n) is 5.04. The highest BCUT2D eigenvalue weighted by Gasteiger charge is 2.52. The Hall–Kier alpha value is -1.10. The zero-order valence-electron chi connectivity index (χ0n) is 8.67. The molecule has 1 saturated heterocycles. The highest BCUT2D eigenvalue weighted by Crippen LogP contribution is 2.45. The number of fused-ring (bicyclic) bond motifs is 2. The summed E-state index contributed by atoms with van der Waals surface area (Å²) in [6, 6.07) is 3.52. The Morgan fingerprint density at radius 3 is 2.75 bits per heavy atom. The van der Waals surface area contributed by atoms with E-state index >= 15 is 0 Å². The van der Waals surface area contributed by atoms with E-state index in [2.05, 4.69) is 5.32 Å². The Morgan fingerprint density at radius 2 is 2.06 bits per heavy atom. The quantitative estimate of drug-likeness (QED) is 0.751. The normalized spacial score (nSPS) is 21.2. The van der Waals surface area contributed by atoms with Gasteiger partial charge >= 0.3 is 0 Å². The molecule has 0 unspecified atom stereocenters. The molecule has 1 spiro atoms. The van der Waals surface area contributed by atoms with Gasteiger partial charge in [0.1, 0.15) is 0 Å². The molecule has 0 radical (unpaired) electrons. The average Bonchev–Trinajstić information content (AvgIpc) is 2.84. The first-order valence-corrected chi connectivity index (χ1v) is 5.42. The van der Waals surface area contributed by atoms with Gasteiger partial charge in [-0.15, -0.1) is 0 Å². The molecule has 16 heavy (non-hydrogen) atoms. The van der Waals surface area contributed by atoms with Crippen molar-refractivity contribution in [3.8, 4) is 0 Å². The van der Waals surface area contributed by atoms with Gasteiger partial charge in [-0.05, 0) is 24.6 Å². The minimum atomic E-state index is -1.25. The van der Waals surface area contributed by atoms with Gasteiger partial charge in [-0.25, -0.2) is 0 Å². The lowest BCUT2D eigenvalue weighted by Crippen LogP contribution is -2.35. The van der Waals surface area contributed by atoms with Crippen molar-refractivity contribution >= 4 is 23.2 Å². The van der Waals surface area contributed by atoms with E-state index in [0.717, 1.165) is 11.1 Å². The minimum absolute atomic E-state index is 0.273. The highest BCUT2D eigenvalue weighted by atomic mass is 35.5. The Balaban J connectivity index is 2.22. The summed E-state index contributed by atoms with van der Waals surface area (Å²) in [6.07, 6.45) is 0. The van der Waals surface area contributed by atoms with Gasteiger partial charge in [-0.3, -0.25) is 4.79 Å². The summed E-state index contributed by atoms with van der Waals surface area (Å²) in [5.41, 5.74) is 2.26. The number of hydrogen-bond donors (Lipinski definition) is 1. The van der Waals surface area contributed by atoms with Crippen LogP contribution in [-0.4, -0.2) is 19.1 Å². The zero-order chi connectivity index (χ0) is 11.3. The summed E-state index contributed by atoms with van der Waals surface area (Å²) in [7, 11) is 0. The van der Waals surface area contributed by atoms with E-state index in [1.807, 2.05) is 6.92 Å². The molecular weight excluding hydrogens is 230 g/mol. The van der Waals surface area contributed by atoms with Crippen molar-refractivity contribution in [1.29, 1.82) is 0 Å². The number of halogens is 1.